The highest BCUT2D eigenvalue weighted by atomic mass is 19.4. The lowest BCUT2D eigenvalue weighted by Crippen LogP contribution is -2.40. The Labute approximate surface area is 105 Å². The second-order valence-corrected chi connectivity index (χ2v) is 3.83. The lowest BCUT2D eigenvalue weighted by Gasteiger charge is -2.27. The van der Waals surface area contributed by atoms with Crippen LogP contribution in [0.3, 0.4) is 0 Å². The smallest absolute Gasteiger partial charge is 0.430 e. The average Bonchev–Trinajstić information content (AvgIpc) is 2.35. The lowest BCUT2D eigenvalue weighted by atomic mass is 9.99. The van der Waals surface area contributed by atoms with E-state index in [2.05, 4.69) is 4.74 Å². The first-order valence-corrected chi connectivity index (χ1v) is 5.11. The number of benzene rings is 1. The van der Waals surface area contributed by atoms with Crippen molar-refractivity contribution in [2.45, 2.75) is 12.3 Å². The molecule has 1 aromatic rings. The summed E-state index contributed by atoms with van der Waals surface area (Å²) in [6.45, 7) is 0. The van der Waals surface area contributed by atoms with Crippen molar-refractivity contribution in [3.8, 4) is 5.75 Å². The van der Waals surface area contributed by atoms with Gasteiger partial charge in [0.05, 0.1) is 11.1 Å². The fourth-order valence-electron chi connectivity index (χ4n) is 1.76. The molecule has 1 aliphatic rings. The van der Waals surface area contributed by atoms with E-state index in [0.29, 0.717) is 6.29 Å². The summed E-state index contributed by atoms with van der Waals surface area (Å²) in [5.74, 6) is -1.98. The van der Waals surface area contributed by atoms with E-state index in [1.54, 1.807) is 0 Å². The zero-order chi connectivity index (χ0) is 14.2. The molecule has 19 heavy (non-hydrogen) atoms. The number of carboxylic acids is 1. The van der Waals surface area contributed by atoms with E-state index < -0.39 is 23.8 Å². The van der Waals surface area contributed by atoms with Gasteiger partial charge in [-0.25, -0.2) is 4.79 Å². The SMILES string of the molecule is O=Cc1cccc2c1OC(C(F)(F)F)C(C(=O)O)=C2. The minimum atomic E-state index is -4.88. The number of fused-ring (bicyclic) bond motifs is 1. The molecule has 0 radical (unpaired) electrons. The number of carbonyl (C=O) groups excluding carboxylic acids is 1. The van der Waals surface area contributed by atoms with Gasteiger partial charge < -0.3 is 9.84 Å². The largest absolute Gasteiger partial charge is 0.478 e. The van der Waals surface area contributed by atoms with Crippen LogP contribution in [0.4, 0.5) is 13.2 Å². The predicted octanol–water partition coefficient (Wildman–Crippen LogP) is 2.29. The molecular weight excluding hydrogens is 265 g/mol. The Morgan fingerprint density at radius 1 is 1.37 bits per heavy atom. The molecule has 1 N–H and O–H groups in total. The maximum Gasteiger partial charge on any atom is 0.430 e. The summed E-state index contributed by atoms with van der Waals surface area (Å²) in [6.07, 6.45) is -6.24. The molecule has 0 aliphatic carbocycles. The van der Waals surface area contributed by atoms with E-state index in [1.807, 2.05) is 0 Å². The van der Waals surface area contributed by atoms with Crippen LogP contribution in [0, 0.1) is 0 Å². The molecule has 7 heteroatoms. The summed E-state index contributed by atoms with van der Waals surface area (Å²) >= 11 is 0. The van der Waals surface area contributed by atoms with Crippen molar-refractivity contribution in [1.29, 1.82) is 0 Å². The van der Waals surface area contributed by atoms with Crippen molar-refractivity contribution in [3.05, 3.63) is 34.9 Å². The van der Waals surface area contributed by atoms with Crippen LogP contribution in [0.15, 0.2) is 23.8 Å². The molecule has 0 saturated carbocycles. The van der Waals surface area contributed by atoms with Gasteiger partial charge in [0.15, 0.2) is 6.29 Å². The highest BCUT2D eigenvalue weighted by Gasteiger charge is 2.48. The van der Waals surface area contributed by atoms with E-state index in [4.69, 9.17) is 5.11 Å². The third-order valence-electron chi connectivity index (χ3n) is 2.58. The Morgan fingerprint density at radius 3 is 2.58 bits per heavy atom. The van der Waals surface area contributed by atoms with Crippen LogP contribution in [-0.2, 0) is 4.79 Å². The van der Waals surface area contributed by atoms with Crippen molar-refractivity contribution in [2.24, 2.45) is 0 Å². The van der Waals surface area contributed by atoms with E-state index in [-0.39, 0.29) is 16.9 Å². The number of rotatable bonds is 2. The van der Waals surface area contributed by atoms with Gasteiger partial charge in [-0.1, -0.05) is 12.1 Å². The Hall–Kier alpha value is -2.31. The van der Waals surface area contributed by atoms with Gasteiger partial charge in [-0.05, 0) is 12.1 Å². The number of ether oxygens (including phenoxy) is 1. The molecule has 1 unspecified atom stereocenters. The van der Waals surface area contributed by atoms with Crippen LogP contribution in [-0.4, -0.2) is 29.6 Å². The second-order valence-electron chi connectivity index (χ2n) is 3.83. The van der Waals surface area contributed by atoms with Gasteiger partial charge in [0.2, 0.25) is 6.10 Å². The van der Waals surface area contributed by atoms with Crippen molar-refractivity contribution in [1.82, 2.24) is 0 Å². The average molecular weight is 272 g/mol. The van der Waals surface area contributed by atoms with Gasteiger partial charge in [0, 0.05) is 5.56 Å². The first-order chi connectivity index (χ1) is 8.84. The zero-order valence-corrected chi connectivity index (χ0v) is 9.27. The van der Waals surface area contributed by atoms with Crippen molar-refractivity contribution < 1.29 is 32.6 Å². The molecule has 0 bridgehead atoms. The van der Waals surface area contributed by atoms with Gasteiger partial charge in [0.1, 0.15) is 5.75 Å². The molecule has 0 saturated heterocycles. The highest BCUT2D eigenvalue weighted by molar-refractivity contribution is 5.96. The number of carbonyl (C=O) groups is 2. The van der Waals surface area contributed by atoms with Gasteiger partial charge in [-0.3, -0.25) is 4.79 Å². The molecule has 4 nitrogen and oxygen atoms in total. The topological polar surface area (TPSA) is 63.6 Å². The van der Waals surface area contributed by atoms with Crippen LogP contribution >= 0.6 is 0 Å². The van der Waals surface area contributed by atoms with Crippen LogP contribution in [0.1, 0.15) is 15.9 Å². The molecule has 2 rings (SSSR count). The summed E-state index contributed by atoms with van der Waals surface area (Å²) in [6, 6.07) is 4.09. The number of aldehydes is 1. The van der Waals surface area contributed by atoms with Crippen molar-refractivity contribution in [2.75, 3.05) is 0 Å². The van der Waals surface area contributed by atoms with Crippen LogP contribution in [0.2, 0.25) is 0 Å². The number of halogens is 3. The quantitative estimate of drug-likeness (QED) is 0.839. The van der Waals surface area contributed by atoms with Crippen molar-refractivity contribution in [3.63, 3.8) is 0 Å². The van der Waals surface area contributed by atoms with Crippen molar-refractivity contribution >= 4 is 18.3 Å². The molecular formula is C12H7F3O4. The van der Waals surface area contributed by atoms with E-state index in [0.717, 1.165) is 6.08 Å². The Bertz CT molecular complexity index is 575. The first kappa shape index (κ1) is 13.1. The lowest BCUT2D eigenvalue weighted by molar-refractivity contribution is -0.187. The molecule has 1 aromatic carbocycles. The summed E-state index contributed by atoms with van der Waals surface area (Å²) in [5, 5.41) is 8.81. The molecule has 0 spiro atoms. The standard InChI is InChI=1S/C12H7F3O4/c13-12(14,15)10-8(11(17)18)4-6-2-1-3-7(5-16)9(6)19-10/h1-5,10H,(H,17,18). The number of carboxylic acid groups (broad SMARTS) is 1. The number of hydrogen-bond donors (Lipinski definition) is 1. The molecule has 1 atom stereocenters. The molecule has 0 aromatic heterocycles. The monoisotopic (exact) mass is 272 g/mol. The number of aliphatic carboxylic acids is 1. The van der Waals surface area contributed by atoms with E-state index in [1.165, 1.54) is 18.2 Å². The maximum atomic E-state index is 12.8. The Balaban J connectivity index is 2.61. The summed E-state index contributed by atoms with van der Waals surface area (Å²) < 4.78 is 43.0. The van der Waals surface area contributed by atoms with E-state index in [9.17, 15) is 22.8 Å². The first-order valence-electron chi connectivity index (χ1n) is 5.11. The van der Waals surface area contributed by atoms with Gasteiger partial charge in [0.25, 0.3) is 0 Å². The minimum Gasteiger partial charge on any atom is -0.478 e. The Morgan fingerprint density at radius 2 is 2.05 bits per heavy atom. The molecule has 0 amide bonds. The summed E-state index contributed by atoms with van der Waals surface area (Å²) in [7, 11) is 0. The van der Waals surface area contributed by atoms with Crippen LogP contribution in [0.5, 0.6) is 5.75 Å². The fourth-order valence-corrected chi connectivity index (χ4v) is 1.76. The van der Waals surface area contributed by atoms with Gasteiger partial charge >= 0.3 is 12.1 Å². The molecule has 1 aliphatic heterocycles. The number of para-hydroxylation sites is 1. The van der Waals surface area contributed by atoms with Crippen LogP contribution in [0.25, 0.3) is 6.08 Å². The van der Waals surface area contributed by atoms with Gasteiger partial charge in [-0.2, -0.15) is 13.2 Å². The third kappa shape index (κ3) is 2.31. The minimum absolute atomic E-state index is 0.0626. The summed E-state index contributed by atoms with van der Waals surface area (Å²) in [5.41, 5.74) is -0.849. The maximum absolute atomic E-state index is 12.8. The number of hydrogen-bond acceptors (Lipinski definition) is 3. The predicted molar refractivity (Wildman–Crippen MR) is 57.9 cm³/mol. The van der Waals surface area contributed by atoms with Crippen LogP contribution < -0.4 is 4.74 Å². The summed E-state index contributed by atoms with van der Waals surface area (Å²) in [4.78, 5) is 21.6. The normalized spacial score (nSPS) is 18.1. The van der Waals surface area contributed by atoms with E-state index >= 15 is 0 Å². The Kier molecular flexibility index (Phi) is 3.05. The zero-order valence-electron chi connectivity index (χ0n) is 9.27. The molecule has 1 heterocycles. The van der Waals surface area contributed by atoms with Gasteiger partial charge in [-0.15, -0.1) is 0 Å². The second kappa shape index (κ2) is 4.42. The molecule has 100 valence electrons. The highest BCUT2D eigenvalue weighted by Crippen LogP contribution is 2.38. The number of alkyl halides is 3. The fraction of sp³-hybridized carbons (Fsp3) is 0.167. The third-order valence-corrected chi connectivity index (χ3v) is 2.58. The molecule has 0 fully saturated rings.